The molecule has 0 saturated carbocycles. The number of benzene rings is 1. The Balaban J connectivity index is 1.19. The molecule has 0 atom stereocenters. The molecule has 1 fully saturated rings. The molecule has 1 aromatic carbocycles. The van der Waals surface area contributed by atoms with Crippen molar-refractivity contribution in [2.24, 2.45) is 5.92 Å². The van der Waals surface area contributed by atoms with Gasteiger partial charge in [-0.05, 0) is 44.4 Å². The lowest BCUT2D eigenvalue weighted by Crippen LogP contribution is -2.37. The van der Waals surface area contributed by atoms with Gasteiger partial charge in [-0.25, -0.2) is 15.0 Å². The van der Waals surface area contributed by atoms with Crippen LogP contribution in [0.2, 0.25) is 0 Å². The number of para-hydroxylation sites is 1. The Morgan fingerprint density at radius 2 is 1.97 bits per heavy atom. The first-order valence-electron chi connectivity index (χ1n) is 11.2. The predicted octanol–water partition coefficient (Wildman–Crippen LogP) is 5.40. The number of piperidine rings is 1. The third-order valence-electron chi connectivity index (χ3n) is 6.32. The molecule has 7 nitrogen and oxygen atoms in total. The molecule has 0 spiro atoms. The van der Waals surface area contributed by atoms with Crippen LogP contribution >= 0.6 is 22.7 Å². The van der Waals surface area contributed by atoms with E-state index in [9.17, 15) is 4.79 Å². The molecule has 34 heavy (non-hydrogen) atoms. The molecule has 1 saturated heterocycles. The molecule has 0 unspecified atom stereocenters. The highest BCUT2D eigenvalue weighted by molar-refractivity contribution is 7.18. The van der Waals surface area contributed by atoms with Gasteiger partial charge in [-0.3, -0.25) is 4.79 Å². The number of thiophene rings is 1. The van der Waals surface area contributed by atoms with Gasteiger partial charge >= 0.3 is 5.97 Å². The number of carbonyl (C=O) groups excluding carboxylic acids is 1. The largest absolute Gasteiger partial charge is 0.496 e. The number of anilines is 1. The van der Waals surface area contributed by atoms with Crippen LogP contribution in [0.1, 0.15) is 29.0 Å². The second-order valence-corrected chi connectivity index (χ2v) is 10.4. The fraction of sp³-hybridized carbons (Fsp3) is 0.360. The average Bonchev–Trinajstić information content (AvgIpc) is 3.46. The summed E-state index contributed by atoms with van der Waals surface area (Å²) in [4.78, 5) is 31.0. The first-order valence-corrected chi connectivity index (χ1v) is 12.9. The lowest BCUT2D eigenvalue weighted by molar-refractivity contribution is -0.150. The Morgan fingerprint density at radius 3 is 2.76 bits per heavy atom. The standard InChI is InChI=1S/C25H26N4O3S2/c1-15-16(2)34-24-21(15)22(26-14-27-24)29-10-8-17(9-11-29)25(30)32-12-18-13-33-23(28-18)19-6-4-5-7-20(19)31-3/h4-7,13-14,17H,8-12H2,1-3H3. The second-order valence-electron chi connectivity index (χ2n) is 8.37. The zero-order valence-electron chi connectivity index (χ0n) is 19.4. The highest BCUT2D eigenvalue weighted by atomic mass is 32.1. The number of methoxy groups -OCH3 is 1. The van der Waals surface area contributed by atoms with Crippen LogP contribution in [0, 0.1) is 19.8 Å². The molecule has 0 amide bonds. The molecule has 1 aliphatic rings. The number of hydrogen-bond acceptors (Lipinski definition) is 9. The average molecular weight is 495 g/mol. The van der Waals surface area contributed by atoms with E-state index in [1.54, 1.807) is 24.8 Å². The van der Waals surface area contributed by atoms with Crippen molar-refractivity contribution in [1.82, 2.24) is 15.0 Å². The van der Waals surface area contributed by atoms with E-state index in [4.69, 9.17) is 9.47 Å². The topological polar surface area (TPSA) is 77.4 Å². The molecular formula is C25H26N4O3S2. The minimum absolute atomic E-state index is 0.105. The molecule has 0 bridgehead atoms. The molecule has 0 N–H and O–H groups in total. The maximum Gasteiger partial charge on any atom is 0.309 e. The van der Waals surface area contributed by atoms with Gasteiger partial charge in [0.15, 0.2) is 0 Å². The SMILES string of the molecule is COc1ccccc1-c1nc(COC(=O)C2CCN(c3ncnc4sc(C)c(C)c34)CC2)cs1. The highest BCUT2D eigenvalue weighted by Gasteiger charge is 2.28. The lowest BCUT2D eigenvalue weighted by atomic mass is 9.97. The molecule has 3 aromatic heterocycles. The minimum Gasteiger partial charge on any atom is -0.496 e. The number of fused-ring (bicyclic) bond motifs is 1. The number of rotatable bonds is 6. The summed E-state index contributed by atoms with van der Waals surface area (Å²) >= 11 is 3.23. The van der Waals surface area contributed by atoms with Crippen LogP contribution in [0.25, 0.3) is 20.8 Å². The van der Waals surface area contributed by atoms with Crippen LogP contribution in [0.4, 0.5) is 5.82 Å². The summed E-state index contributed by atoms with van der Waals surface area (Å²) in [6, 6.07) is 7.78. The van der Waals surface area contributed by atoms with Crippen molar-refractivity contribution in [3.8, 4) is 16.3 Å². The third kappa shape index (κ3) is 4.37. The van der Waals surface area contributed by atoms with E-state index in [1.807, 2.05) is 29.6 Å². The van der Waals surface area contributed by atoms with Gasteiger partial charge in [0.05, 0.1) is 29.7 Å². The molecular weight excluding hydrogens is 468 g/mol. The van der Waals surface area contributed by atoms with Gasteiger partial charge in [0, 0.05) is 23.3 Å². The smallest absolute Gasteiger partial charge is 0.309 e. The maximum atomic E-state index is 12.8. The maximum absolute atomic E-state index is 12.8. The minimum atomic E-state index is -0.151. The van der Waals surface area contributed by atoms with Crippen molar-refractivity contribution in [3.05, 3.63) is 52.1 Å². The zero-order valence-corrected chi connectivity index (χ0v) is 21.0. The summed E-state index contributed by atoms with van der Waals surface area (Å²) in [5.74, 6) is 1.50. The fourth-order valence-corrected chi connectivity index (χ4v) is 6.14. The van der Waals surface area contributed by atoms with Crippen molar-refractivity contribution in [3.63, 3.8) is 0 Å². The van der Waals surface area contributed by atoms with E-state index in [0.717, 1.165) is 64.0 Å². The first-order chi connectivity index (χ1) is 16.5. The van der Waals surface area contributed by atoms with E-state index in [0.29, 0.717) is 0 Å². The van der Waals surface area contributed by atoms with Gasteiger partial charge < -0.3 is 14.4 Å². The Hall–Kier alpha value is -3.04. The second kappa shape index (κ2) is 9.68. The van der Waals surface area contributed by atoms with Crippen molar-refractivity contribution < 1.29 is 14.3 Å². The van der Waals surface area contributed by atoms with Crippen LogP contribution in [-0.4, -0.2) is 41.1 Å². The normalized spacial score (nSPS) is 14.5. The number of esters is 1. The van der Waals surface area contributed by atoms with Crippen LogP contribution < -0.4 is 9.64 Å². The quantitative estimate of drug-likeness (QED) is 0.332. The van der Waals surface area contributed by atoms with Gasteiger partial charge in [-0.1, -0.05) is 12.1 Å². The Morgan fingerprint density at radius 1 is 1.18 bits per heavy atom. The van der Waals surface area contributed by atoms with E-state index in [-0.39, 0.29) is 18.5 Å². The Bertz CT molecular complexity index is 1320. The number of carbonyl (C=O) groups is 1. The number of aryl methyl sites for hydroxylation is 2. The fourth-order valence-electron chi connectivity index (χ4n) is 4.31. The van der Waals surface area contributed by atoms with Crippen LogP contribution in [0.5, 0.6) is 5.75 Å². The molecule has 5 rings (SSSR count). The number of thiazole rings is 1. The van der Waals surface area contributed by atoms with Crippen LogP contribution in [0.3, 0.4) is 0 Å². The molecule has 4 aromatic rings. The van der Waals surface area contributed by atoms with Gasteiger partial charge in [0.1, 0.15) is 34.3 Å². The van der Waals surface area contributed by atoms with Crippen molar-refractivity contribution >= 4 is 44.7 Å². The van der Waals surface area contributed by atoms with Gasteiger partial charge in [0.25, 0.3) is 0 Å². The molecule has 0 aliphatic carbocycles. The summed E-state index contributed by atoms with van der Waals surface area (Å²) in [5, 5.41) is 3.93. The van der Waals surface area contributed by atoms with Crippen LogP contribution in [-0.2, 0) is 16.1 Å². The Kier molecular flexibility index (Phi) is 6.47. The summed E-state index contributed by atoms with van der Waals surface area (Å²) < 4.78 is 11.1. The van der Waals surface area contributed by atoms with Crippen molar-refractivity contribution in [1.29, 1.82) is 0 Å². The Labute approximate surface area is 206 Å². The molecule has 1 aliphatic heterocycles. The third-order valence-corrected chi connectivity index (χ3v) is 8.36. The summed E-state index contributed by atoms with van der Waals surface area (Å²) in [7, 11) is 1.65. The zero-order chi connectivity index (χ0) is 23.7. The predicted molar refractivity (Wildman–Crippen MR) is 136 cm³/mol. The monoisotopic (exact) mass is 494 g/mol. The number of nitrogens with zero attached hydrogens (tertiary/aromatic N) is 4. The van der Waals surface area contributed by atoms with Crippen LogP contribution in [0.15, 0.2) is 36.0 Å². The lowest BCUT2D eigenvalue weighted by Gasteiger charge is -2.32. The van der Waals surface area contributed by atoms with E-state index in [1.165, 1.54) is 21.8 Å². The number of hydrogen-bond donors (Lipinski definition) is 0. The number of ether oxygens (including phenoxy) is 2. The van der Waals surface area contributed by atoms with Crippen molar-refractivity contribution in [2.45, 2.75) is 33.3 Å². The molecule has 176 valence electrons. The van der Waals surface area contributed by atoms with Gasteiger partial charge in [0.2, 0.25) is 0 Å². The molecule has 0 radical (unpaired) electrons. The highest BCUT2D eigenvalue weighted by Crippen LogP contribution is 2.36. The van der Waals surface area contributed by atoms with Crippen molar-refractivity contribution in [2.75, 3.05) is 25.1 Å². The molecule has 9 heteroatoms. The van der Waals surface area contributed by atoms with Gasteiger partial charge in [-0.15, -0.1) is 22.7 Å². The van der Waals surface area contributed by atoms with E-state index >= 15 is 0 Å². The van der Waals surface area contributed by atoms with Gasteiger partial charge in [-0.2, -0.15) is 0 Å². The first kappa shape index (κ1) is 22.7. The summed E-state index contributed by atoms with van der Waals surface area (Å²) in [6.45, 7) is 5.98. The number of aromatic nitrogens is 3. The molecule has 4 heterocycles. The van der Waals surface area contributed by atoms with E-state index in [2.05, 4.69) is 33.7 Å². The van der Waals surface area contributed by atoms with E-state index < -0.39 is 0 Å². The summed E-state index contributed by atoms with van der Waals surface area (Å²) in [5.41, 5.74) is 2.94. The summed E-state index contributed by atoms with van der Waals surface area (Å²) in [6.07, 6.45) is 3.13.